The first kappa shape index (κ1) is 16.4. The number of methoxy groups -OCH3 is 3. The molecule has 0 saturated heterocycles. The van der Waals surface area contributed by atoms with Gasteiger partial charge >= 0.3 is 5.97 Å². The van der Waals surface area contributed by atoms with Crippen molar-refractivity contribution in [3.8, 4) is 17.2 Å². The molecule has 0 bridgehead atoms. The minimum atomic E-state index is -1.53. The highest BCUT2D eigenvalue weighted by Crippen LogP contribution is 2.45. The molecule has 0 radical (unpaired) electrons. The summed E-state index contributed by atoms with van der Waals surface area (Å²) in [6, 6.07) is 1.42. The maximum Gasteiger partial charge on any atom is 0.339 e. The largest absolute Gasteiger partial charge is 0.495 e. The van der Waals surface area contributed by atoms with Crippen LogP contribution in [0.1, 0.15) is 18.6 Å². The quantitative estimate of drug-likeness (QED) is 0.810. The number of aliphatic hydroxyl groups excluding tert-OH is 1. The minimum absolute atomic E-state index is 0.104. The Morgan fingerprint density at radius 1 is 1.25 bits per heavy atom. The van der Waals surface area contributed by atoms with Gasteiger partial charge in [0, 0.05) is 5.56 Å². The number of carbonyl (C=O) groups is 1. The number of hydrogen-bond donors (Lipinski definition) is 1. The van der Waals surface area contributed by atoms with Crippen LogP contribution in [0.5, 0.6) is 17.2 Å². The third kappa shape index (κ3) is 3.08. The summed E-state index contributed by atoms with van der Waals surface area (Å²) in [6.07, 6.45) is -1.53. The molecule has 0 amide bonds. The predicted molar refractivity (Wildman–Crippen MR) is 72.7 cm³/mol. The molecule has 0 aliphatic heterocycles. The van der Waals surface area contributed by atoms with Gasteiger partial charge in [0.25, 0.3) is 0 Å². The van der Waals surface area contributed by atoms with Gasteiger partial charge in [-0.3, -0.25) is 0 Å². The van der Waals surface area contributed by atoms with Crippen LogP contribution in [-0.4, -0.2) is 39.0 Å². The zero-order chi connectivity index (χ0) is 15.3. The monoisotopic (exact) mass is 304 g/mol. The summed E-state index contributed by atoms with van der Waals surface area (Å²) in [5, 5.41) is 10.1. The van der Waals surface area contributed by atoms with E-state index in [1.54, 1.807) is 6.92 Å². The van der Waals surface area contributed by atoms with Crippen LogP contribution in [0.2, 0.25) is 5.02 Å². The molecule has 0 saturated carbocycles. The van der Waals surface area contributed by atoms with E-state index in [1.807, 2.05) is 0 Å². The van der Waals surface area contributed by atoms with Gasteiger partial charge in [-0.2, -0.15) is 0 Å². The number of halogens is 1. The average Bonchev–Trinajstić information content (AvgIpc) is 2.45. The molecule has 0 aliphatic rings. The smallest absolute Gasteiger partial charge is 0.339 e. The van der Waals surface area contributed by atoms with Gasteiger partial charge in [0.2, 0.25) is 0 Å². The molecule has 7 heteroatoms. The third-order valence-electron chi connectivity index (χ3n) is 2.60. The van der Waals surface area contributed by atoms with Crippen LogP contribution in [0.4, 0.5) is 0 Å². The fraction of sp³-hybridized carbons (Fsp3) is 0.462. The molecular weight excluding hydrogens is 288 g/mol. The summed E-state index contributed by atoms with van der Waals surface area (Å²) in [4.78, 5) is 11.6. The highest BCUT2D eigenvalue weighted by molar-refractivity contribution is 6.34. The van der Waals surface area contributed by atoms with E-state index in [0.29, 0.717) is 0 Å². The van der Waals surface area contributed by atoms with Crippen molar-refractivity contribution in [1.82, 2.24) is 0 Å². The molecule has 0 aromatic heterocycles. The van der Waals surface area contributed by atoms with Crippen LogP contribution >= 0.6 is 11.6 Å². The van der Waals surface area contributed by atoms with Crippen molar-refractivity contribution in [2.24, 2.45) is 0 Å². The number of esters is 1. The first-order chi connectivity index (χ1) is 9.51. The summed E-state index contributed by atoms with van der Waals surface area (Å²) in [5.74, 6) is -0.138. The molecule has 1 aromatic rings. The van der Waals surface area contributed by atoms with E-state index in [-0.39, 0.29) is 34.4 Å². The van der Waals surface area contributed by atoms with Gasteiger partial charge in [0.15, 0.2) is 17.6 Å². The molecule has 1 unspecified atom stereocenters. The van der Waals surface area contributed by atoms with E-state index in [4.69, 9.17) is 30.5 Å². The van der Waals surface area contributed by atoms with Gasteiger partial charge in [0.1, 0.15) is 10.8 Å². The third-order valence-corrected chi connectivity index (χ3v) is 2.95. The van der Waals surface area contributed by atoms with E-state index in [1.165, 1.54) is 27.4 Å². The molecule has 1 N–H and O–H groups in total. The van der Waals surface area contributed by atoms with Crippen molar-refractivity contribution in [1.29, 1.82) is 0 Å². The van der Waals surface area contributed by atoms with Gasteiger partial charge in [-0.15, -0.1) is 0 Å². The van der Waals surface area contributed by atoms with E-state index in [2.05, 4.69) is 0 Å². The fourth-order valence-corrected chi connectivity index (χ4v) is 2.07. The normalized spacial score (nSPS) is 11.7. The van der Waals surface area contributed by atoms with Crippen molar-refractivity contribution in [3.05, 3.63) is 16.7 Å². The highest BCUT2D eigenvalue weighted by atomic mass is 35.5. The number of rotatable bonds is 6. The fourth-order valence-electron chi connectivity index (χ4n) is 1.71. The zero-order valence-electron chi connectivity index (χ0n) is 11.7. The lowest BCUT2D eigenvalue weighted by Gasteiger charge is -2.18. The molecule has 0 aliphatic carbocycles. The Bertz CT molecular complexity index is 488. The van der Waals surface area contributed by atoms with E-state index in [0.717, 1.165) is 0 Å². The van der Waals surface area contributed by atoms with E-state index >= 15 is 0 Å². The van der Waals surface area contributed by atoms with Crippen molar-refractivity contribution in [2.45, 2.75) is 13.0 Å². The SMILES string of the molecule is CCOC(=O)C(O)c1cc(OC)c(OC)c(Cl)c1OC. The first-order valence-electron chi connectivity index (χ1n) is 5.84. The van der Waals surface area contributed by atoms with Crippen LogP contribution in [-0.2, 0) is 9.53 Å². The van der Waals surface area contributed by atoms with Crippen molar-refractivity contribution in [2.75, 3.05) is 27.9 Å². The van der Waals surface area contributed by atoms with Crippen molar-refractivity contribution in [3.63, 3.8) is 0 Å². The Morgan fingerprint density at radius 2 is 1.85 bits per heavy atom. The van der Waals surface area contributed by atoms with Gasteiger partial charge in [0.05, 0.1) is 27.9 Å². The Hall–Kier alpha value is -1.66. The Balaban J connectivity index is 3.38. The Morgan fingerprint density at radius 3 is 2.30 bits per heavy atom. The van der Waals surface area contributed by atoms with Crippen LogP contribution in [0.3, 0.4) is 0 Å². The summed E-state index contributed by atoms with van der Waals surface area (Å²) in [5.41, 5.74) is 0.147. The van der Waals surface area contributed by atoms with Gasteiger partial charge in [-0.25, -0.2) is 4.79 Å². The lowest BCUT2D eigenvalue weighted by Crippen LogP contribution is -2.16. The maximum absolute atomic E-state index is 11.6. The van der Waals surface area contributed by atoms with Crippen LogP contribution in [0, 0.1) is 0 Å². The first-order valence-corrected chi connectivity index (χ1v) is 6.22. The molecular formula is C13H17ClO6. The lowest BCUT2D eigenvalue weighted by molar-refractivity contribution is -0.153. The lowest BCUT2D eigenvalue weighted by atomic mass is 10.1. The summed E-state index contributed by atoms with van der Waals surface area (Å²) in [7, 11) is 4.21. The van der Waals surface area contributed by atoms with Gasteiger partial charge in [-0.05, 0) is 13.0 Å². The standard InChI is InChI=1S/C13H17ClO6/c1-5-20-13(16)10(15)7-6-8(17-2)12(19-4)9(14)11(7)18-3/h6,10,15H,5H2,1-4H3. The Labute approximate surface area is 122 Å². The summed E-state index contributed by atoms with van der Waals surface area (Å²) in [6.45, 7) is 1.79. The van der Waals surface area contributed by atoms with E-state index in [9.17, 15) is 9.90 Å². The van der Waals surface area contributed by atoms with Crippen LogP contribution in [0.15, 0.2) is 6.07 Å². The zero-order valence-corrected chi connectivity index (χ0v) is 12.5. The molecule has 0 fully saturated rings. The second-order valence-electron chi connectivity index (χ2n) is 3.70. The number of hydrogen-bond acceptors (Lipinski definition) is 6. The predicted octanol–water partition coefficient (Wildman–Crippen LogP) is 1.96. The van der Waals surface area contributed by atoms with Crippen LogP contribution in [0.25, 0.3) is 0 Å². The molecule has 1 rings (SSSR count). The topological polar surface area (TPSA) is 74.2 Å². The molecule has 1 aromatic carbocycles. The summed E-state index contributed by atoms with van der Waals surface area (Å²) >= 11 is 6.13. The van der Waals surface area contributed by atoms with Crippen molar-refractivity contribution < 1.29 is 28.8 Å². The minimum Gasteiger partial charge on any atom is -0.495 e. The molecule has 0 heterocycles. The number of aliphatic hydroxyl groups is 1. The highest BCUT2D eigenvalue weighted by Gasteiger charge is 2.28. The van der Waals surface area contributed by atoms with Gasteiger partial charge in [-0.1, -0.05) is 11.6 Å². The van der Waals surface area contributed by atoms with E-state index < -0.39 is 12.1 Å². The molecule has 6 nitrogen and oxygen atoms in total. The average molecular weight is 305 g/mol. The number of carbonyl (C=O) groups excluding carboxylic acids is 1. The number of ether oxygens (including phenoxy) is 4. The Kier molecular flexibility index (Phi) is 5.91. The summed E-state index contributed by atoms with van der Waals surface area (Å²) < 4.78 is 20.1. The van der Waals surface area contributed by atoms with Crippen molar-refractivity contribution >= 4 is 17.6 Å². The van der Waals surface area contributed by atoms with Gasteiger partial charge < -0.3 is 24.1 Å². The number of benzene rings is 1. The van der Waals surface area contributed by atoms with Crippen LogP contribution < -0.4 is 14.2 Å². The second-order valence-corrected chi connectivity index (χ2v) is 4.08. The molecule has 1 atom stereocenters. The maximum atomic E-state index is 11.6. The molecule has 0 spiro atoms. The molecule has 112 valence electrons. The second kappa shape index (κ2) is 7.21. The molecule has 20 heavy (non-hydrogen) atoms.